The van der Waals surface area contributed by atoms with Crippen molar-refractivity contribution >= 4 is 11.9 Å². The number of unbranched alkanes of at least 4 members (excludes halogenated alkanes) is 2. The van der Waals surface area contributed by atoms with Crippen LogP contribution in [0.4, 0.5) is 0 Å². The Morgan fingerprint density at radius 1 is 1.07 bits per heavy atom. The minimum atomic E-state index is -0.189. The maximum absolute atomic E-state index is 12.4. The monoisotopic (exact) mass is 386 g/mol. The fraction of sp³-hybridized carbons (Fsp3) is 0.583. The van der Waals surface area contributed by atoms with Crippen molar-refractivity contribution in [3.05, 3.63) is 48.0 Å². The van der Waals surface area contributed by atoms with E-state index in [2.05, 4.69) is 12.2 Å². The van der Waals surface area contributed by atoms with Gasteiger partial charge in [0.1, 0.15) is 6.10 Å². The lowest BCUT2D eigenvalue weighted by atomic mass is 9.89. The van der Waals surface area contributed by atoms with Gasteiger partial charge in [-0.05, 0) is 56.4 Å². The molecule has 2 atom stereocenters. The van der Waals surface area contributed by atoms with Crippen LogP contribution in [0.25, 0.3) is 0 Å². The molecular weight excluding hydrogens is 352 g/mol. The van der Waals surface area contributed by atoms with Crippen LogP contribution in [-0.2, 0) is 19.1 Å². The Bertz CT molecular complexity index is 608. The van der Waals surface area contributed by atoms with Crippen LogP contribution in [0, 0.1) is 5.92 Å². The number of carbonyl (C=O) groups excluding carboxylic acids is 2. The van der Waals surface area contributed by atoms with E-state index in [0.717, 1.165) is 50.5 Å². The minimum Gasteiger partial charge on any atom is -0.466 e. The Hall–Kier alpha value is -2.10. The predicted molar refractivity (Wildman–Crippen MR) is 111 cm³/mol. The normalized spacial score (nSPS) is 17.1. The highest BCUT2D eigenvalue weighted by Gasteiger charge is 2.21. The van der Waals surface area contributed by atoms with E-state index in [1.54, 1.807) is 0 Å². The molecule has 1 aliphatic rings. The number of hydrogen-bond donors (Lipinski definition) is 0. The van der Waals surface area contributed by atoms with E-state index in [4.69, 9.17) is 9.47 Å². The van der Waals surface area contributed by atoms with Gasteiger partial charge in [0.05, 0.1) is 6.61 Å². The van der Waals surface area contributed by atoms with Crippen molar-refractivity contribution in [1.82, 2.24) is 0 Å². The molecule has 0 saturated carbocycles. The van der Waals surface area contributed by atoms with Crippen LogP contribution in [0.1, 0.15) is 82.8 Å². The van der Waals surface area contributed by atoms with E-state index >= 15 is 0 Å². The topological polar surface area (TPSA) is 52.6 Å². The molecular formula is C24H34O4. The van der Waals surface area contributed by atoms with Crippen LogP contribution in [0.5, 0.6) is 0 Å². The number of allylic oxidation sites excluding steroid dienone is 2. The largest absolute Gasteiger partial charge is 0.466 e. The van der Waals surface area contributed by atoms with Gasteiger partial charge < -0.3 is 9.47 Å². The lowest BCUT2D eigenvalue weighted by Crippen LogP contribution is -2.15. The molecule has 0 spiro atoms. The molecule has 154 valence electrons. The molecule has 0 radical (unpaired) electrons. The van der Waals surface area contributed by atoms with Crippen molar-refractivity contribution in [3.63, 3.8) is 0 Å². The summed E-state index contributed by atoms with van der Waals surface area (Å²) in [6, 6.07) is 10.0. The van der Waals surface area contributed by atoms with E-state index in [-0.39, 0.29) is 18.0 Å². The molecule has 4 heteroatoms. The Kier molecular flexibility index (Phi) is 10.4. The zero-order chi connectivity index (χ0) is 20.0. The molecule has 0 fully saturated rings. The predicted octanol–water partition coefficient (Wildman–Crippen LogP) is 5.92. The molecule has 1 aromatic carbocycles. The molecule has 1 aliphatic carbocycles. The molecule has 0 N–H and O–H groups in total. The first-order valence-corrected chi connectivity index (χ1v) is 10.8. The van der Waals surface area contributed by atoms with Crippen LogP contribution in [0.2, 0.25) is 0 Å². The molecule has 2 rings (SSSR count). The van der Waals surface area contributed by atoms with Crippen molar-refractivity contribution in [2.24, 2.45) is 5.92 Å². The SMILES string of the molecule is CCCOC(=O)CCCCCC(=O)OC(CC1C=CCCC1)c1ccccc1. The molecule has 28 heavy (non-hydrogen) atoms. The Labute approximate surface area is 169 Å². The van der Waals surface area contributed by atoms with Crippen molar-refractivity contribution < 1.29 is 19.1 Å². The summed E-state index contributed by atoms with van der Waals surface area (Å²) >= 11 is 0. The number of benzene rings is 1. The average Bonchev–Trinajstić information content (AvgIpc) is 2.73. The highest BCUT2D eigenvalue weighted by Crippen LogP contribution is 2.31. The maximum Gasteiger partial charge on any atom is 0.306 e. The van der Waals surface area contributed by atoms with Gasteiger partial charge in [0.2, 0.25) is 0 Å². The van der Waals surface area contributed by atoms with Gasteiger partial charge >= 0.3 is 11.9 Å². The van der Waals surface area contributed by atoms with Crippen LogP contribution in [0.15, 0.2) is 42.5 Å². The zero-order valence-electron chi connectivity index (χ0n) is 17.1. The molecule has 4 nitrogen and oxygen atoms in total. The number of carbonyl (C=O) groups is 2. The maximum atomic E-state index is 12.4. The third-order valence-electron chi connectivity index (χ3n) is 5.04. The second kappa shape index (κ2) is 13.1. The van der Waals surface area contributed by atoms with Gasteiger partial charge in [0, 0.05) is 12.8 Å². The lowest BCUT2D eigenvalue weighted by Gasteiger charge is -2.24. The highest BCUT2D eigenvalue weighted by atomic mass is 16.5. The van der Waals surface area contributed by atoms with Gasteiger partial charge in [-0.15, -0.1) is 0 Å². The second-order valence-electron chi connectivity index (χ2n) is 7.53. The molecule has 0 saturated heterocycles. The molecule has 0 bridgehead atoms. The third-order valence-corrected chi connectivity index (χ3v) is 5.04. The Balaban J connectivity index is 1.74. The molecule has 2 unspecified atom stereocenters. The summed E-state index contributed by atoms with van der Waals surface area (Å²) < 4.78 is 10.9. The average molecular weight is 387 g/mol. The molecule has 1 aromatic rings. The van der Waals surface area contributed by atoms with Gasteiger partial charge in [-0.2, -0.15) is 0 Å². The number of hydrogen-bond acceptors (Lipinski definition) is 4. The van der Waals surface area contributed by atoms with E-state index in [9.17, 15) is 9.59 Å². The van der Waals surface area contributed by atoms with Gasteiger partial charge in [-0.1, -0.05) is 55.8 Å². The fourth-order valence-corrected chi connectivity index (χ4v) is 3.50. The minimum absolute atomic E-state index is 0.144. The summed E-state index contributed by atoms with van der Waals surface area (Å²) in [6.07, 6.45) is 12.7. The highest BCUT2D eigenvalue weighted by molar-refractivity contribution is 5.70. The summed E-state index contributed by atoms with van der Waals surface area (Å²) in [5.74, 6) is 0.178. The molecule has 0 aromatic heterocycles. The molecule has 0 heterocycles. The van der Waals surface area contributed by atoms with Gasteiger partial charge in [0.25, 0.3) is 0 Å². The van der Waals surface area contributed by atoms with E-state index in [1.807, 2.05) is 37.3 Å². The molecule has 0 amide bonds. The lowest BCUT2D eigenvalue weighted by molar-refractivity contribution is -0.150. The van der Waals surface area contributed by atoms with E-state index in [0.29, 0.717) is 25.4 Å². The first kappa shape index (κ1) is 22.2. The number of esters is 2. The fourth-order valence-electron chi connectivity index (χ4n) is 3.50. The first-order valence-electron chi connectivity index (χ1n) is 10.8. The molecule has 0 aliphatic heterocycles. The zero-order valence-corrected chi connectivity index (χ0v) is 17.1. The van der Waals surface area contributed by atoms with Gasteiger partial charge in [-0.3, -0.25) is 9.59 Å². The van der Waals surface area contributed by atoms with Crippen LogP contribution in [0.3, 0.4) is 0 Å². The van der Waals surface area contributed by atoms with Crippen LogP contribution < -0.4 is 0 Å². The quantitative estimate of drug-likeness (QED) is 0.254. The third kappa shape index (κ3) is 8.73. The van der Waals surface area contributed by atoms with Crippen molar-refractivity contribution in [2.45, 2.75) is 77.2 Å². The summed E-state index contributed by atoms with van der Waals surface area (Å²) in [5.41, 5.74) is 1.06. The summed E-state index contributed by atoms with van der Waals surface area (Å²) in [6.45, 7) is 2.47. The number of rotatable bonds is 12. The Morgan fingerprint density at radius 3 is 2.50 bits per heavy atom. The second-order valence-corrected chi connectivity index (χ2v) is 7.53. The van der Waals surface area contributed by atoms with Crippen molar-refractivity contribution in [2.75, 3.05) is 6.61 Å². The summed E-state index contributed by atoms with van der Waals surface area (Å²) in [7, 11) is 0. The van der Waals surface area contributed by atoms with Crippen LogP contribution >= 0.6 is 0 Å². The Morgan fingerprint density at radius 2 is 1.82 bits per heavy atom. The van der Waals surface area contributed by atoms with E-state index in [1.165, 1.54) is 6.42 Å². The van der Waals surface area contributed by atoms with E-state index < -0.39 is 0 Å². The van der Waals surface area contributed by atoms with Crippen LogP contribution in [-0.4, -0.2) is 18.5 Å². The van der Waals surface area contributed by atoms with Gasteiger partial charge in [0.15, 0.2) is 0 Å². The summed E-state index contributed by atoms with van der Waals surface area (Å²) in [4.78, 5) is 23.8. The standard InChI is InChI=1S/C24H34O4/c1-2-18-27-23(25)16-10-5-11-17-24(26)28-22(21-14-8-4-9-15-21)19-20-12-6-3-7-13-20/h4,6,8-9,12,14-15,20,22H,2-3,5,7,10-11,13,16-19H2,1H3. The smallest absolute Gasteiger partial charge is 0.306 e. The summed E-state index contributed by atoms with van der Waals surface area (Å²) in [5, 5.41) is 0. The van der Waals surface area contributed by atoms with Crippen molar-refractivity contribution in [3.8, 4) is 0 Å². The van der Waals surface area contributed by atoms with Gasteiger partial charge in [-0.25, -0.2) is 0 Å². The van der Waals surface area contributed by atoms with Crippen molar-refractivity contribution in [1.29, 1.82) is 0 Å². The number of ether oxygens (including phenoxy) is 2. The first-order chi connectivity index (χ1) is 13.7.